The average Bonchev–Trinajstić information content (AvgIpc) is 2.74. The van der Waals surface area contributed by atoms with E-state index in [1.165, 1.54) is 0 Å². The molecule has 0 saturated heterocycles. The van der Waals surface area contributed by atoms with Gasteiger partial charge in [0.2, 0.25) is 5.91 Å². The van der Waals surface area contributed by atoms with Crippen LogP contribution in [0.15, 0.2) is 35.1 Å². The molecule has 1 amide bonds. The third-order valence-electron chi connectivity index (χ3n) is 2.40. The van der Waals surface area contributed by atoms with Crippen molar-refractivity contribution in [2.24, 2.45) is 5.92 Å². The number of aromatic nitrogens is 1. The predicted octanol–water partition coefficient (Wildman–Crippen LogP) is 2.75. The summed E-state index contributed by atoms with van der Waals surface area (Å²) in [7, 11) is 0. The Bertz CT molecular complexity index is 395. The molecular formula is C11H11BrN2O. The number of anilines is 1. The fourth-order valence-electron chi connectivity index (χ4n) is 1.55. The van der Waals surface area contributed by atoms with Crippen molar-refractivity contribution < 1.29 is 4.79 Å². The molecule has 0 atom stereocenters. The number of rotatable bonds is 2. The van der Waals surface area contributed by atoms with E-state index in [0.29, 0.717) is 4.60 Å². The number of hydrogen-bond acceptors (Lipinski definition) is 2. The van der Waals surface area contributed by atoms with E-state index in [4.69, 9.17) is 0 Å². The van der Waals surface area contributed by atoms with Crippen molar-refractivity contribution in [3.8, 4) is 0 Å². The highest BCUT2D eigenvalue weighted by Gasteiger charge is 2.19. The third kappa shape index (κ3) is 2.45. The van der Waals surface area contributed by atoms with Crippen molar-refractivity contribution in [2.45, 2.75) is 12.8 Å². The minimum atomic E-state index is 0.0636. The van der Waals surface area contributed by atoms with Crippen molar-refractivity contribution in [2.75, 3.05) is 5.32 Å². The predicted molar refractivity (Wildman–Crippen MR) is 62.4 cm³/mol. The standard InChI is InChI=1S/C11H11BrN2O/c12-10-9(6-3-7-13-10)14-11(15)8-4-1-2-5-8/h1-3,6-8H,4-5H2,(H,14,15). The van der Waals surface area contributed by atoms with Crippen LogP contribution < -0.4 is 5.32 Å². The van der Waals surface area contributed by atoms with Crippen LogP contribution in [0.1, 0.15) is 12.8 Å². The molecule has 1 aromatic rings. The SMILES string of the molecule is O=C(Nc1cccnc1Br)C1CC=CC1. The molecule has 0 aliphatic heterocycles. The average molecular weight is 267 g/mol. The summed E-state index contributed by atoms with van der Waals surface area (Å²) >= 11 is 3.29. The van der Waals surface area contributed by atoms with Crippen molar-refractivity contribution >= 4 is 27.5 Å². The summed E-state index contributed by atoms with van der Waals surface area (Å²) in [6.45, 7) is 0. The number of allylic oxidation sites excluding steroid dienone is 2. The summed E-state index contributed by atoms with van der Waals surface area (Å²) < 4.78 is 0.671. The monoisotopic (exact) mass is 266 g/mol. The van der Waals surface area contributed by atoms with Crippen LogP contribution in [0.25, 0.3) is 0 Å². The first-order chi connectivity index (χ1) is 7.27. The maximum Gasteiger partial charge on any atom is 0.228 e. The highest BCUT2D eigenvalue weighted by atomic mass is 79.9. The summed E-state index contributed by atoms with van der Waals surface area (Å²) in [6.07, 6.45) is 7.44. The molecule has 0 fully saturated rings. The molecule has 0 bridgehead atoms. The van der Waals surface area contributed by atoms with Crippen LogP contribution in [-0.2, 0) is 4.79 Å². The second-order valence-corrected chi connectivity index (χ2v) is 4.22. The first kappa shape index (κ1) is 10.4. The molecule has 1 aromatic heterocycles. The van der Waals surface area contributed by atoms with Gasteiger partial charge in [0.15, 0.2) is 0 Å². The van der Waals surface area contributed by atoms with E-state index in [1.54, 1.807) is 12.3 Å². The number of carbonyl (C=O) groups excluding carboxylic acids is 1. The Balaban J connectivity index is 2.02. The van der Waals surface area contributed by atoms with Crippen LogP contribution in [0, 0.1) is 5.92 Å². The van der Waals surface area contributed by atoms with E-state index in [9.17, 15) is 4.79 Å². The lowest BCUT2D eigenvalue weighted by Gasteiger charge is -2.10. The van der Waals surface area contributed by atoms with Gasteiger partial charge in [0, 0.05) is 12.1 Å². The Morgan fingerprint density at radius 3 is 2.87 bits per heavy atom. The first-order valence-electron chi connectivity index (χ1n) is 4.84. The first-order valence-corrected chi connectivity index (χ1v) is 5.63. The topological polar surface area (TPSA) is 42.0 Å². The molecule has 0 unspecified atom stereocenters. The van der Waals surface area contributed by atoms with Gasteiger partial charge in [-0.05, 0) is 40.9 Å². The lowest BCUT2D eigenvalue weighted by Crippen LogP contribution is -2.20. The number of carbonyl (C=O) groups is 1. The molecule has 0 spiro atoms. The van der Waals surface area contributed by atoms with Crippen LogP contribution in [-0.4, -0.2) is 10.9 Å². The zero-order chi connectivity index (χ0) is 10.7. The Morgan fingerprint density at radius 2 is 2.20 bits per heavy atom. The number of hydrogen-bond donors (Lipinski definition) is 1. The van der Waals surface area contributed by atoms with Crippen LogP contribution in [0.4, 0.5) is 5.69 Å². The van der Waals surface area contributed by atoms with Crippen molar-refractivity contribution in [1.82, 2.24) is 4.98 Å². The molecule has 1 aliphatic rings. The van der Waals surface area contributed by atoms with Crippen LogP contribution in [0.5, 0.6) is 0 Å². The number of amides is 1. The zero-order valence-corrected chi connectivity index (χ0v) is 9.70. The molecule has 78 valence electrons. The maximum atomic E-state index is 11.8. The quantitative estimate of drug-likeness (QED) is 0.661. The molecule has 3 nitrogen and oxygen atoms in total. The lowest BCUT2D eigenvalue weighted by atomic mass is 10.1. The summed E-state index contributed by atoms with van der Waals surface area (Å²) in [4.78, 5) is 15.8. The number of nitrogens with one attached hydrogen (secondary N) is 1. The lowest BCUT2D eigenvalue weighted by molar-refractivity contribution is -0.119. The van der Waals surface area contributed by atoms with Gasteiger partial charge in [0.25, 0.3) is 0 Å². The molecule has 15 heavy (non-hydrogen) atoms. The highest BCUT2D eigenvalue weighted by molar-refractivity contribution is 9.10. The Kier molecular flexibility index (Phi) is 3.16. The van der Waals surface area contributed by atoms with Crippen LogP contribution in [0.3, 0.4) is 0 Å². The van der Waals surface area contributed by atoms with Gasteiger partial charge < -0.3 is 5.32 Å². The van der Waals surface area contributed by atoms with Gasteiger partial charge in [-0.15, -0.1) is 0 Å². The summed E-state index contributed by atoms with van der Waals surface area (Å²) in [6, 6.07) is 3.63. The van der Waals surface area contributed by atoms with Gasteiger partial charge >= 0.3 is 0 Å². The maximum absolute atomic E-state index is 11.8. The van der Waals surface area contributed by atoms with Gasteiger partial charge in [-0.2, -0.15) is 0 Å². The largest absolute Gasteiger partial charge is 0.324 e. The number of pyridine rings is 1. The number of nitrogens with zero attached hydrogens (tertiary/aromatic N) is 1. The minimum absolute atomic E-state index is 0.0636. The second kappa shape index (κ2) is 4.57. The van der Waals surface area contributed by atoms with Crippen molar-refractivity contribution in [3.05, 3.63) is 35.1 Å². The zero-order valence-electron chi connectivity index (χ0n) is 8.11. The van der Waals surface area contributed by atoms with Gasteiger partial charge in [-0.25, -0.2) is 4.98 Å². The third-order valence-corrected chi connectivity index (χ3v) is 3.03. The van der Waals surface area contributed by atoms with Crippen LogP contribution in [0.2, 0.25) is 0 Å². The summed E-state index contributed by atoms with van der Waals surface area (Å²) in [5, 5.41) is 2.86. The fourth-order valence-corrected chi connectivity index (χ4v) is 1.89. The molecule has 1 aliphatic carbocycles. The molecule has 0 radical (unpaired) electrons. The van der Waals surface area contributed by atoms with E-state index < -0.39 is 0 Å². The van der Waals surface area contributed by atoms with Crippen LogP contribution >= 0.6 is 15.9 Å². The van der Waals surface area contributed by atoms with E-state index in [0.717, 1.165) is 18.5 Å². The molecule has 4 heteroatoms. The van der Waals surface area contributed by atoms with E-state index in [1.807, 2.05) is 18.2 Å². The molecule has 0 aromatic carbocycles. The Labute approximate surface area is 96.7 Å². The van der Waals surface area contributed by atoms with E-state index >= 15 is 0 Å². The van der Waals surface area contributed by atoms with Gasteiger partial charge in [-0.1, -0.05) is 12.2 Å². The smallest absolute Gasteiger partial charge is 0.228 e. The molecule has 0 saturated carbocycles. The van der Waals surface area contributed by atoms with E-state index in [2.05, 4.69) is 26.2 Å². The Hall–Kier alpha value is -1.16. The fraction of sp³-hybridized carbons (Fsp3) is 0.273. The molecular weight excluding hydrogens is 256 g/mol. The van der Waals surface area contributed by atoms with Gasteiger partial charge in [0.1, 0.15) is 4.60 Å². The Morgan fingerprint density at radius 1 is 1.47 bits per heavy atom. The second-order valence-electron chi connectivity index (χ2n) is 3.47. The van der Waals surface area contributed by atoms with Crippen molar-refractivity contribution in [3.63, 3.8) is 0 Å². The highest BCUT2D eigenvalue weighted by Crippen LogP contribution is 2.23. The van der Waals surface area contributed by atoms with Gasteiger partial charge in [0.05, 0.1) is 5.69 Å². The summed E-state index contributed by atoms with van der Waals surface area (Å²) in [5.41, 5.74) is 0.731. The summed E-state index contributed by atoms with van der Waals surface area (Å²) in [5.74, 6) is 0.144. The van der Waals surface area contributed by atoms with E-state index in [-0.39, 0.29) is 11.8 Å². The molecule has 1 N–H and O–H groups in total. The molecule has 1 heterocycles. The normalized spacial score (nSPS) is 15.5. The number of halogens is 1. The minimum Gasteiger partial charge on any atom is -0.324 e. The molecule has 2 rings (SSSR count). The van der Waals surface area contributed by atoms with Gasteiger partial charge in [-0.3, -0.25) is 4.79 Å². The van der Waals surface area contributed by atoms with Crippen molar-refractivity contribution in [1.29, 1.82) is 0 Å².